The summed E-state index contributed by atoms with van der Waals surface area (Å²) in [5.74, 6) is -13.3. The maximum absolute atomic E-state index is 14.2. The van der Waals surface area contributed by atoms with Crippen LogP contribution in [-0.2, 0) is 57.5 Å². The van der Waals surface area contributed by atoms with Gasteiger partial charge in [-0.2, -0.15) is 0 Å². The number of hydrogen-bond acceptors (Lipinski definition) is 17. The summed E-state index contributed by atoms with van der Waals surface area (Å²) in [7, 11) is 1.31. The summed E-state index contributed by atoms with van der Waals surface area (Å²) in [5.41, 5.74) is 54.2. The molecule has 0 aliphatic carbocycles. The van der Waals surface area contributed by atoms with E-state index in [0.717, 1.165) is 6.92 Å². The zero-order valence-corrected chi connectivity index (χ0v) is 46.1. The maximum atomic E-state index is 14.2. The number of likely N-dealkylation sites (N-methyl/N-ethyl adjacent to an activating group) is 1. The Morgan fingerprint density at radius 2 is 0.720 bits per heavy atom. The predicted octanol–water partition coefficient (Wildman–Crippen LogP) is -10.8. The van der Waals surface area contributed by atoms with Crippen LogP contribution in [0.3, 0.4) is 0 Å². The lowest BCUT2D eigenvalue weighted by Gasteiger charge is -2.27. The van der Waals surface area contributed by atoms with Crippen molar-refractivity contribution in [2.45, 2.75) is 152 Å². The number of nitrogens with zero attached hydrogens (tertiary/aromatic N) is 4. The monoisotopic (exact) mass is 1170 g/mol. The zero-order valence-electron chi connectivity index (χ0n) is 46.1. The van der Waals surface area contributed by atoms with Gasteiger partial charge in [0.1, 0.15) is 48.3 Å². The van der Waals surface area contributed by atoms with Crippen LogP contribution in [0.25, 0.3) is 0 Å². The molecular formula is C45H83N23O14. The molecule has 37 nitrogen and oxygen atoms in total. The van der Waals surface area contributed by atoms with Crippen molar-refractivity contribution in [1.82, 2.24) is 47.9 Å². The van der Waals surface area contributed by atoms with Crippen molar-refractivity contribution in [3.8, 4) is 0 Å². The number of aliphatic carboxylic acids is 1. The van der Waals surface area contributed by atoms with Gasteiger partial charge in [0.05, 0.1) is 18.9 Å². The highest BCUT2D eigenvalue weighted by Gasteiger charge is 2.35. The fraction of sp³-hybridized carbons (Fsp3) is 0.644. The van der Waals surface area contributed by atoms with E-state index in [-0.39, 0.29) is 101 Å². The van der Waals surface area contributed by atoms with Crippen molar-refractivity contribution in [2.24, 2.45) is 77.3 Å². The second kappa shape index (κ2) is 39.1. The molecular weight excluding hydrogens is 1090 g/mol. The van der Waals surface area contributed by atoms with Crippen molar-refractivity contribution in [3.63, 3.8) is 0 Å². The van der Waals surface area contributed by atoms with E-state index in [9.17, 15) is 62.6 Å². The Hall–Kier alpha value is -9.32. The molecule has 31 N–H and O–H groups in total. The molecule has 37 heteroatoms. The van der Waals surface area contributed by atoms with Crippen LogP contribution in [0.15, 0.2) is 20.0 Å². The zero-order chi connectivity index (χ0) is 62.6. The average Bonchev–Trinajstić information content (AvgIpc) is 3.42. The second-order valence-corrected chi connectivity index (χ2v) is 18.4. The summed E-state index contributed by atoms with van der Waals surface area (Å²) < 4.78 is 0. The molecule has 0 bridgehead atoms. The number of rotatable bonds is 41. The van der Waals surface area contributed by atoms with Crippen molar-refractivity contribution in [2.75, 3.05) is 33.2 Å². The minimum absolute atomic E-state index is 0.0109. The first-order valence-electron chi connectivity index (χ1n) is 25.7. The second-order valence-electron chi connectivity index (χ2n) is 18.4. The van der Waals surface area contributed by atoms with Crippen LogP contribution in [0.2, 0.25) is 0 Å². The fourth-order valence-electron chi connectivity index (χ4n) is 7.13. The number of carboxylic acid groups (broad SMARTS) is 1. The van der Waals surface area contributed by atoms with E-state index in [2.05, 4.69) is 67.8 Å². The minimum Gasteiger partial charge on any atom is -0.481 e. The molecule has 0 radical (unpaired) electrons. The lowest BCUT2D eigenvalue weighted by Crippen LogP contribution is -2.60. The van der Waals surface area contributed by atoms with Crippen LogP contribution >= 0.6 is 0 Å². The molecule has 0 heterocycles. The van der Waals surface area contributed by atoms with Crippen molar-refractivity contribution >= 4 is 94.8 Å². The SMILES string of the molecule is CNC(=O)C(CCCN=C(N)N)NC(=O)[C@H](CC(N)=O)NC(=O)C(CCCN=C(N)N)NC(=O)[C@H](CCCN=C(N)N)NC(=O)C(C)NC(=O)[C@H](CCC(N)=O)NC(=O)C(CCCN=C(N)N)NC(=O)[C@@H](NC(=O)CCC(=O)O)C(C)O. The highest BCUT2D eigenvalue weighted by atomic mass is 16.4. The molecule has 462 valence electrons. The molecule has 0 saturated carbocycles. The lowest BCUT2D eigenvalue weighted by molar-refractivity contribution is -0.139. The van der Waals surface area contributed by atoms with Crippen LogP contribution in [0, 0.1) is 0 Å². The third-order valence-electron chi connectivity index (χ3n) is 11.3. The topological polar surface area (TPSA) is 663 Å². The maximum Gasteiger partial charge on any atom is 0.303 e. The number of guanidine groups is 4. The molecule has 0 fully saturated rings. The Morgan fingerprint density at radius 3 is 1.06 bits per heavy atom. The average molecular weight is 1170 g/mol. The number of amides is 11. The van der Waals surface area contributed by atoms with Crippen LogP contribution < -0.4 is 105 Å². The molecule has 0 aromatic heterocycles. The van der Waals surface area contributed by atoms with Gasteiger partial charge < -0.3 is 115 Å². The van der Waals surface area contributed by atoms with Crippen LogP contribution in [0.5, 0.6) is 0 Å². The van der Waals surface area contributed by atoms with Gasteiger partial charge in [-0.15, -0.1) is 0 Å². The summed E-state index contributed by atoms with van der Waals surface area (Å²) in [4.78, 5) is 173. The van der Waals surface area contributed by atoms with Crippen molar-refractivity contribution in [1.29, 1.82) is 0 Å². The third-order valence-corrected chi connectivity index (χ3v) is 11.3. The fourth-order valence-corrected chi connectivity index (χ4v) is 7.13. The van der Waals surface area contributed by atoms with Crippen LogP contribution in [-0.4, -0.2) is 193 Å². The molecule has 5 unspecified atom stereocenters. The van der Waals surface area contributed by atoms with E-state index >= 15 is 0 Å². The molecule has 0 aromatic carbocycles. The number of carboxylic acids is 1. The van der Waals surface area contributed by atoms with Gasteiger partial charge in [0.2, 0.25) is 65.0 Å². The molecule has 11 amide bonds. The first-order chi connectivity index (χ1) is 38.4. The summed E-state index contributed by atoms with van der Waals surface area (Å²) in [6.45, 7) is 2.23. The Kier molecular flexibility index (Phi) is 34.7. The van der Waals surface area contributed by atoms with Gasteiger partial charge in [-0.05, 0) is 71.6 Å². The molecule has 0 spiro atoms. The van der Waals surface area contributed by atoms with E-state index in [0.29, 0.717) is 0 Å². The molecule has 0 aliphatic heterocycles. The van der Waals surface area contributed by atoms with Gasteiger partial charge in [-0.3, -0.25) is 77.5 Å². The number of aliphatic hydroxyl groups is 1. The van der Waals surface area contributed by atoms with Gasteiger partial charge in [0.25, 0.3) is 0 Å². The highest BCUT2D eigenvalue weighted by Crippen LogP contribution is 2.09. The number of nitrogens with two attached hydrogens (primary N) is 10. The van der Waals surface area contributed by atoms with Crippen LogP contribution in [0.1, 0.15) is 97.3 Å². The van der Waals surface area contributed by atoms with Crippen molar-refractivity contribution < 1.29 is 67.7 Å². The number of primary amides is 2. The quantitative estimate of drug-likeness (QED) is 0.0154. The Balaban J connectivity index is 6.90. The molecule has 82 heavy (non-hydrogen) atoms. The number of aliphatic hydroxyl groups excluding tert-OH is 1. The first-order valence-corrected chi connectivity index (χ1v) is 25.7. The summed E-state index contributed by atoms with van der Waals surface area (Å²) in [5, 5.41) is 40.8. The summed E-state index contributed by atoms with van der Waals surface area (Å²) in [6.07, 6.45) is -4.85. The van der Waals surface area contributed by atoms with E-state index < -0.39 is 157 Å². The van der Waals surface area contributed by atoms with Gasteiger partial charge in [-0.25, -0.2) is 0 Å². The lowest BCUT2D eigenvalue weighted by atomic mass is 10.0. The molecule has 0 saturated heterocycles. The van der Waals surface area contributed by atoms with Gasteiger partial charge >= 0.3 is 5.97 Å². The number of aliphatic imine (C=N–C) groups is 4. The standard InChI is InChI=1S/C45H83N23O14/c1-21(61-36(77)27(12-13-29(46)70)65-38(79)26(11-7-19-60-45(54)55)66-41(82)33(22(2)69)68-31(72)14-15-32(73)74)34(75)62-24(9-5-17-58-43(50)51)37(78)64-25(10-6-18-59-44(52)53)39(80)67-28(20-30(47)71)40(81)63-23(35(76)56-3)8-4-16-57-42(48)49/h21-28,33,69H,4-20H2,1-3H3,(H2,46,70)(H2,47,71)(H,56,76)(H,61,77)(H,62,75)(H,63,81)(H,64,78)(H,65,79)(H,66,82)(H,67,80)(H,68,72)(H,73,74)(H4,48,49,57)(H4,50,51,58)(H4,52,53,59)(H4,54,55,60)/t21?,22?,23?,24-,25?,26?,27-,28-,33-/m0/s1. The predicted molar refractivity (Wildman–Crippen MR) is 296 cm³/mol. The molecule has 0 aliphatic rings. The Labute approximate surface area is 471 Å². The number of hydrogen-bond donors (Lipinski definition) is 21. The first kappa shape index (κ1) is 72.7. The van der Waals surface area contributed by atoms with Gasteiger partial charge in [0, 0.05) is 46.1 Å². The summed E-state index contributed by atoms with van der Waals surface area (Å²) >= 11 is 0. The Morgan fingerprint density at radius 1 is 0.390 bits per heavy atom. The molecule has 0 rings (SSSR count). The third kappa shape index (κ3) is 32.5. The van der Waals surface area contributed by atoms with Gasteiger partial charge in [0.15, 0.2) is 23.8 Å². The molecule has 9 atom stereocenters. The van der Waals surface area contributed by atoms with E-state index in [4.69, 9.17) is 62.4 Å². The van der Waals surface area contributed by atoms with Crippen molar-refractivity contribution in [3.05, 3.63) is 0 Å². The minimum atomic E-state index is -1.71. The van der Waals surface area contributed by atoms with E-state index in [1.54, 1.807) is 0 Å². The van der Waals surface area contributed by atoms with Crippen LogP contribution in [0.4, 0.5) is 0 Å². The Bertz CT molecular complexity index is 2320. The number of carbonyl (C=O) groups excluding carboxylic acids is 11. The highest BCUT2D eigenvalue weighted by molar-refractivity contribution is 5.99. The number of nitrogens with one attached hydrogen (secondary N) is 9. The largest absolute Gasteiger partial charge is 0.481 e. The smallest absolute Gasteiger partial charge is 0.303 e. The normalized spacial score (nSPS) is 13.9. The molecule has 0 aromatic rings. The summed E-state index contributed by atoms with van der Waals surface area (Å²) in [6, 6.07) is -12.4. The number of carbonyl (C=O) groups is 12. The van der Waals surface area contributed by atoms with E-state index in [1.165, 1.54) is 14.0 Å². The van der Waals surface area contributed by atoms with E-state index in [1.807, 2.05) is 0 Å². The van der Waals surface area contributed by atoms with Gasteiger partial charge in [-0.1, -0.05) is 0 Å².